The highest BCUT2D eigenvalue weighted by Crippen LogP contribution is 2.27. The van der Waals surface area contributed by atoms with Gasteiger partial charge in [-0.15, -0.1) is 0 Å². The van der Waals surface area contributed by atoms with Crippen molar-refractivity contribution < 1.29 is 4.79 Å². The molecule has 5 heteroatoms. The van der Waals surface area contributed by atoms with E-state index in [1.807, 2.05) is 55.3 Å². The normalized spacial score (nSPS) is 10.9. The maximum atomic E-state index is 11.4. The summed E-state index contributed by atoms with van der Waals surface area (Å²) in [5, 5.41) is 0. The molecule has 0 bridgehead atoms. The van der Waals surface area contributed by atoms with Crippen LogP contribution in [0.15, 0.2) is 73.3 Å². The topological polar surface area (TPSA) is 65.8 Å². The molecule has 2 N–H and O–H groups in total. The summed E-state index contributed by atoms with van der Waals surface area (Å²) in [7, 11) is 0. The molecule has 4 rings (SSSR count). The number of carbonyl (C=O) groups excluding carboxylic acids is 1. The van der Waals surface area contributed by atoms with Crippen LogP contribution in [0.4, 0.5) is 0 Å². The van der Waals surface area contributed by atoms with Crippen LogP contribution in [0, 0.1) is 13.8 Å². The van der Waals surface area contributed by atoms with Gasteiger partial charge in [-0.1, -0.05) is 12.1 Å². The molecule has 0 saturated heterocycles. The number of benzene rings is 2. The molecule has 2 aromatic carbocycles. The molecular formula is C22H20N4O. The van der Waals surface area contributed by atoms with E-state index in [1.54, 1.807) is 6.07 Å². The summed E-state index contributed by atoms with van der Waals surface area (Å²) in [4.78, 5) is 15.7. The standard InChI is InChI=1S/C22H20N4O/c1-15-12-18(22(23)27)7-10-20(15)26-11-3-4-21(26)17-5-8-19(9-6-17)25-13-16(2)24-14-25/h3-14H,1-2H3,(H2,23,27). The highest BCUT2D eigenvalue weighted by Gasteiger charge is 2.10. The SMILES string of the molecule is Cc1cn(-c2ccc(-c3cccn3-c3ccc(C(N)=O)cc3C)cc2)cn1. The van der Waals surface area contributed by atoms with Gasteiger partial charge in [-0.3, -0.25) is 4.79 Å². The van der Waals surface area contributed by atoms with Crippen LogP contribution in [-0.2, 0) is 0 Å². The van der Waals surface area contributed by atoms with E-state index in [-0.39, 0.29) is 0 Å². The van der Waals surface area contributed by atoms with Crippen molar-refractivity contribution in [2.24, 2.45) is 5.73 Å². The van der Waals surface area contributed by atoms with Crippen LogP contribution >= 0.6 is 0 Å². The molecular weight excluding hydrogens is 336 g/mol. The van der Waals surface area contributed by atoms with E-state index in [0.29, 0.717) is 5.56 Å². The van der Waals surface area contributed by atoms with E-state index in [9.17, 15) is 4.79 Å². The minimum atomic E-state index is -0.414. The van der Waals surface area contributed by atoms with Crippen molar-refractivity contribution in [2.75, 3.05) is 0 Å². The zero-order valence-corrected chi connectivity index (χ0v) is 15.3. The molecule has 0 aliphatic carbocycles. The lowest BCUT2D eigenvalue weighted by atomic mass is 10.1. The molecule has 5 nitrogen and oxygen atoms in total. The summed E-state index contributed by atoms with van der Waals surface area (Å²) in [6, 6.07) is 18.0. The van der Waals surface area contributed by atoms with E-state index in [4.69, 9.17) is 5.73 Å². The molecule has 0 unspecified atom stereocenters. The Kier molecular flexibility index (Phi) is 4.12. The average Bonchev–Trinajstić information content (AvgIpc) is 3.31. The average molecular weight is 356 g/mol. The molecule has 4 aromatic rings. The third kappa shape index (κ3) is 3.15. The second kappa shape index (κ2) is 6.61. The zero-order valence-electron chi connectivity index (χ0n) is 15.3. The van der Waals surface area contributed by atoms with Gasteiger partial charge in [0.25, 0.3) is 0 Å². The van der Waals surface area contributed by atoms with Gasteiger partial charge in [0, 0.05) is 29.3 Å². The highest BCUT2D eigenvalue weighted by atomic mass is 16.1. The number of nitrogens with two attached hydrogens (primary N) is 1. The maximum Gasteiger partial charge on any atom is 0.248 e. The first-order valence-electron chi connectivity index (χ1n) is 8.72. The van der Waals surface area contributed by atoms with Gasteiger partial charge in [-0.05, 0) is 67.4 Å². The van der Waals surface area contributed by atoms with Gasteiger partial charge >= 0.3 is 0 Å². The van der Waals surface area contributed by atoms with Gasteiger partial charge in [-0.25, -0.2) is 4.98 Å². The van der Waals surface area contributed by atoms with E-state index in [0.717, 1.165) is 33.9 Å². The van der Waals surface area contributed by atoms with Gasteiger partial charge < -0.3 is 14.9 Å². The first-order valence-corrected chi connectivity index (χ1v) is 8.72. The first kappa shape index (κ1) is 16.8. The Bertz CT molecular complexity index is 1120. The molecule has 0 spiro atoms. The zero-order chi connectivity index (χ0) is 19.0. The highest BCUT2D eigenvalue weighted by molar-refractivity contribution is 5.93. The van der Waals surface area contributed by atoms with Crippen molar-refractivity contribution in [3.63, 3.8) is 0 Å². The fourth-order valence-corrected chi connectivity index (χ4v) is 3.27. The number of hydrogen-bond acceptors (Lipinski definition) is 2. The van der Waals surface area contributed by atoms with Crippen molar-refractivity contribution in [3.05, 3.63) is 90.1 Å². The molecule has 27 heavy (non-hydrogen) atoms. The van der Waals surface area contributed by atoms with E-state index >= 15 is 0 Å². The minimum Gasteiger partial charge on any atom is -0.366 e. The Hall–Kier alpha value is -3.60. The summed E-state index contributed by atoms with van der Waals surface area (Å²) in [5.41, 5.74) is 12.2. The van der Waals surface area contributed by atoms with Crippen LogP contribution in [0.3, 0.4) is 0 Å². The number of rotatable bonds is 4. The fraction of sp³-hybridized carbons (Fsp3) is 0.0909. The van der Waals surface area contributed by atoms with Crippen molar-refractivity contribution in [1.82, 2.24) is 14.1 Å². The molecule has 2 aromatic heterocycles. The summed E-state index contributed by atoms with van der Waals surface area (Å²) >= 11 is 0. The van der Waals surface area contributed by atoms with Gasteiger partial charge in [0.15, 0.2) is 0 Å². The number of primary amides is 1. The Labute approximate surface area is 157 Å². The summed E-state index contributed by atoms with van der Waals surface area (Å²) in [5.74, 6) is -0.414. The molecule has 1 amide bonds. The maximum absolute atomic E-state index is 11.4. The summed E-state index contributed by atoms with van der Waals surface area (Å²) in [6.07, 6.45) is 5.84. The lowest BCUT2D eigenvalue weighted by Gasteiger charge is -2.13. The van der Waals surface area contributed by atoms with Gasteiger partial charge in [-0.2, -0.15) is 0 Å². The number of imidazole rings is 1. The number of aryl methyl sites for hydroxylation is 2. The Morgan fingerprint density at radius 3 is 2.44 bits per heavy atom. The van der Waals surface area contributed by atoms with Crippen molar-refractivity contribution in [3.8, 4) is 22.6 Å². The van der Waals surface area contributed by atoms with Crippen molar-refractivity contribution >= 4 is 5.91 Å². The monoisotopic (exact) mass is 356 g/mol. The molecule has 0 radical (unpaired) electrons. The quantitative estimate of drug-likeness (QED) is 0.599. The van der Waals surface area contributed by atoms with Crippen LogP contribution in [0.25, 0.3) is 22.6 Å². The van der Waals surface area contributed by atoms with Crippen LogP contribution in [0.5, 0.6) is 0 Å². The Morgan fingerprint density at radius 1 is 1.04 bits per heavy atom. The Morgan fingerprint density at radius 2 is 1.81 bits per heavy atom. The largest absolute Gasteiger partial charge is 0.366 e. The first-order chi connectivity index (χ1) is 13.0. The Balaban J connectivity index is 1.71. The van der Waals surface area contributed by atoms with E-state index in [2.05, 4.69) is 39.9 Å². The summed E-state index contributed by atoms with van der Waals surface area (Å²) in [6.45, 7) is 3.96. The molecule has 0 fully saturated rings. The number of carbonyl (C=O) groups is 1. The second-order valence-corrected chi connectivity index (χ2v) is 6.60. The van der Waals surface area contributed by atoms with Crippen LogP contribution in [-0.4, -0.2) is 20.0 Å². The molecule has 134 valence electrons. The van der Waals surface area contributed by atoms with Gasteiger partial charge in [0.1, 0.15) is 0 Å². The van der Waals surface area contributed by atoms with Crippen molar-refractivity contribution in [2.45, 2.75) is 13.8 Å². The lowest BCUT2D eigenvalue weighted by molar-refractivity contribution is 0.1000. The molecule has 0 aliphatic rings. The minimum absolute atomic E-state index is 0.414. The molecule has 0 saturated carbocycles. The predicted molar refractivity (Wildman–Crippen MR) is 106 cm³/mol. The second-order valence-electron chi connectivity index (χ2n) is 6.60. The summed E-state index contributed by atoms with van der Waals surface area (Å²) < 4.78 is 4.13. The third-order valence-electron chi connectivity index (χ3n) is 4.66. The van der Waals surface area contributed by atoms with Crippen LogP contribution < -0.4 is 5.73 Å². The number of nitrogens with zero attached hydrogens (tertiary/aromatic N) is 3. The van der Waals surface area contributed by atoms with E-state index in [1.165, 1.54) is 0 Å². The van der Waals surface area contributed by atoms with E-state index < -0.39 is 5.91 Å². The molecule has 0 aliphatic heterocycles. The fourth-order valence-electron chi connectivity index (χ4n) is 3.27. The predicted octanol–water partition coefficient (Wildman–Crippen LogP) is 4.05. The van der Waals surface area contributed by atoms with Gasteiger partial charge in [0.05, 0.1) is 17.7 Å². The number of amides is 1. The lowest BCUT2D eigenvalue weighted by Crippen LogP contribution is -2.11. The number of aromatic nitrogens is 3. The van der Waals surface area contributed by atoms with Crippen LogP contribution in [0.2, 0.25) is 0 Å². The van der Waals surface area contributed by atoms with Crippen molar-refractivity contribution in [1.29, 1.82) is 0 Å². The smallest absolute Gasteiger partial charge is 0.248 e. The molecule has 2 heterocycles. The number of hydrogen-bond donors (Lipinski definition) is 1. The third-order valence-corrected chi connectivity index (χ3v) is 4.66. The van der Waals surface area contributed by atoms with Gasteiger partial charge in [0.2, 0.25) is 5.91 Å². The van der Waals surface area contributed by atoms with Crippen LogP contribution in [0.1, 0.15) is 21.6 Å². The molecule has 0 atom stereocenters.